The third-order valence-electron chi connectivity index (χ3n) is 4.78. The van der Waals surface area contributed by atoms with Crippen molar-refractivity contribution in [3.63, 3.8) is 0 Å². The maximum absolute atomic E-state index is 13.0. The van der Waals surface area contributed by atoms with Crippen molar-refractivity contribution in [2.75, 3.05) is 5.32 Å². The number of aromatic nitrogens is 2. The molecular formula is C24H15Cl2N3O3S. The number of fused-ring (bicyclic) bond motifs is 1. The van der Waals surface area contributed by atoms with Gasteiger partial charge in [0.1, 0.15) is 10.6 Å². The number of anilines is 1. The van der Waals surface area contributed by atoms with E-state index in [0.29, 0.717) is 37.7 Å². The van der Waals surface area contributed by atoms with E-state index in [2.05, 4.69) is 15.5 Å². The fourth-order valence-electron chi connectivity index (χ4n) is 3.23. The Morgan fingerprint density at radius 3 is 2.67 bits per heavy atom. The lowest BCUT2D eigenvalue weighted by Gasteiger charge is -2.07. The van der Waals surface area contributed by atoms with E-state index in [4.69, 9.17) is 32.5 Å². The first kappa shape index (κ1) is 21.5. The summed E-state index contributed by atoms with van der Waals surface area (Å²) in [7, 11) is 0. The zero-order valence-electron chi connectivity index (χ0n) is 16.9. The monoisotopic (exact) mass is 495 g/mol. The van der Waals surface area contributed by atoms with Crippen molar-refractivity contribution in [1.82, 2.24) is 10.1 Å². The highest BCUT2D eigenvalue weighted by atomic mass is 35.5. The molecule has 9 heteroatoms. The molecule has 5 rings (SSSR count). The molecule has 5 aromatic rings. The first-order valence-corrected chi connectivity index (χ1v) is 11.4. The second-order valence-corrected chi connectivity index (χ2v) is 8.87. The Bertz CT molecular complexity index is 1450. The van der Waals surface area contributed by atoms with Gasteiger partial charge in [-0.1, -0.05) is 64.8 Å². The summed E-state index contributed by atoms with van der Waals surface area (Å²) in [6, 6.07) is 21.9. The summed E-state index contributed by atoms with van der Waals surface area (Å²) in [5.41, 5.74) is 1.11. The normalized spacial score (nSPS) is 11.0. The van der Waals surface area contributed by atoms with E-state index in [0.717, 1.165) is 10.1 Å². The first-order chi connectivity index (χ1) is 16.1. The lowest BCUT2D eigenvalue weighted by molar-refractivity contribution is 0.103. The Morgan fingerprint density at radius 1 is 1.03 bits per heavy atom. The van der Waals surface area contributed by atoms with Gasteiger partial charge in [0.2, 0.25) is 5.82 Å². The number of ether oxygens (including phenoxy) is 1. The number of hydrogen-bond acceptors (Lipinski definition) is 6. The molecule has 6 nitrogen and oxygen atoms in total. The number of nitrogens with one attached hydrogen (secondary N) is 1. The number of rotatable bonds is 6. The van der Waals surface area contributed by atoms with Gasteiger partial charge in [-0.2, -0.15) is 4.98 Å². The predicted molar refractivity (Wildman–Crippen MR) is 130 cm³/mol. The molecule has 33 heavy (non-hydrogen) atoms. The Kier molecular flexibility index (Phi) is 6.00. The number of benzene rings is 3. The van der Waals surface area contributed by atoms with Crippen LogP contribution < -0.4 is 10.1 Å². The number of hydrogen-bond donors (Lipinski definition) is 1. The van der Waals surface area contributed by atoms with Crippen LogP contribution in [0.25, 0.3) is 21.5 Å². The van der Waals surface area contributed by atoms with Crippen molar-refractivity contribution in [1.29, 1.82) is 0 Å². The van der Waals surface area contributed by atoms with Gasteiger partial charge in [-0.15, -0.1) is 11.3 Å². The Morgan fingerprint density at radius 2 is 1.82 bits per heavy atom. The lowest BCUT2D eigenvalue weighted by Crippen LogP contribution is -2.11. The molecule has 0 bridgehead atoms. The molecule has 0 radical (unpaired) electrons. The summed E-state index contributed by atoms with van der Waals surface area (Å²) in [5, 5.41) is 8.64. The van der Waals surface area contributed by atoms with E-state index >= 15 is 0 Å². The summed E-state index contributed by atoms with van der Waals surface area (Å²) in [6.45, 7) is 0.155. The minimum absolute atomic E-state index is 0.155. The molecule has 0 aliphatic carbocycles. The molecule has 0 unspecified atom stereocenters. The van der Waals surface area contributed by atoms with E-state index in [9.17, 15) is 4.79 Å². The van der Waals surface area contributed by atoms with E-state index in [1.165, 1.54) is 11.3 Å². The van der Waals surface area contributed by atoms with Gasteiger partial charge in [-0.3, -0.25) is 4.79 Å². The highest BCUT2D eigenvalue weighted by Gasteiger charge is 2.20. The number of carbonyl (C=O) groups is 1. The minimum Gasteiger partial charge on any atom is -0.485 e. The van der Waals surface area contributed by atoms with Gasteiger partial charge < -0.3 is 14.6 Å². The predicted octanol–water partition coefficient (Wildman–Crippen LogP) is 7.09. The van der Waals surface area contributed by atoms with Gasteiger partial charge in [-0.05, 0) is 36.4 Å². The summed E-state index contributed by atoms with van der Waals surface area (Å²) >= 11 is 13.8. The summed E-state index contributed by atoms with van der Waals surface area (Å²) < 4.78 is 11.9. The van der Waals surface area contributed by atoms with Crippen molar-refractivity contribution in [3.05, 3.63) is 93.5 Å². The zero-order valence-corrected chi connectivity index (χ0v) is 19.2. The fourth-order valence-corrected chi connectivity index (χ4v) is 4.92. The lowest BCUT2D eigenvalue weighted by atomic mass is 10.1. The van der Waals surface area contributed by atoms with Gasteiger partial charge in [0.15, 0.2) is 6.61 Å². The molecule has 3 aromatic carbocycles. The van der Waals surface area contributed by atoms with Crippen LogP contribution in [-0.4, -0.2) is 16.0 Å². The van der Waals surface area contributed by atoms with Crippen molar-refractivity contribution >= 4 is 56.2 Å². The van der Waals surface area contributed by atoms with Crippen LogP contribution in [0.2, 0.25) is 10.0 Å². The second kappa shape index (κ2) is 9.23. The smallest absolute Gasteiger partial charge is 0.267 e. The number of halogens is 2. The molecule has 0 saturated carbocycles. The molecule has 1 amide bonds. The van der Waals surface area contributed by atoms with Crippen LogP contribution in [0.5, 0.6) is 5.75 Å². The third kappa shape index (κ3) is 4.57. The molecule has 2 heterocycles. The van der Waals surface area contributed by atoms with Crippen LogP contribution in [0.4, 0.5) is 5.69 Å². The van der Waals surface area contributed by atoms with Crippen LogP contribution in [0.15, 0.2) is 77.3 Å². The number of amides is 1. The quantitative estimate of drug-likeness (QED) is 0.272. The van der Waals surface area contributed by atoms with E-state index in [1.807, 2.05) is 36.4 Å². The van der Waals surface area contributed by atoms with Gasteiger partial charge in [0, 0.05) is 15.1 Å². The molecule has 1 N–H and O–H groups in total. The summed E-state index contributed by atoms with van der Waals surface area (Å²) in [5.74, 6) is 1.03. The SMILES string of the molecule is O=C(Nc1ccccc1-c1nc(COc2ccccc2)no1)c1sc2cc(Cl)ccc2c1Cl. The number of para-hydroxylation sites is 2. The highest BCUT2D eigenvalue weighted by molar-refractivity contribution is 7.21. The maximum atomic E-state index is 13.0. The Labute approximate surface area is 202 Å². The van der Waals surface area contributed by atoms with E-state index < -0.39 is 0 Å². The fraction of sp³-hybridized carbons (Fsp3) is 0.0417. The van der Waals surface area contributed by atoms with Gasteiger partial charge in [-0.25, -0.2) is 0 Å². The molecule has 164 valence electrons. The maximum Gasteiger partial charge on any atom is 0.267 e. The van der Waals surface area contributed by atoms with Gasteiger partial charge in [0.25, 0.3) is 11.8 Å². The number of nitrogens with zero attached hydrogens (tertiary/aromatic N) is 2. The zero-order chi connectivity index (χ0) is 22.8. The molecule has 0 atom stereocenters. The average molecular weight is 496 g/mol. The summed E-state index contributed by atoms with van der Waals surface area (Å²) in [4.78, 5) is 17.8. The first-order valence-electron chi connectivity index (χ1n) is 9.87. The largest absolute Gasteiger partial charge is 0.485 e. The van der Waals surface area contributed by atoms with Crippen LogP contribution >= 0.6 is 34.5 Å². The number of thiophene rings is 1. The standard InChI is InChI=1S/C24H15Cl2N3O3S/c25-14-10-11-17-19(12-14)33-22(21(17)26)23(30)27-18-9-5-4-8-16(18)24-28-20(29-32-24)13-31-15-6-2-1-3-7-15/h1-12H,13H2,(H,27,30). The van der Waals surface area contributed by atoms with Crippen LogP contribution in [0.3, 0.4) is 0 Å². The second-order valence-electron chi connectivity index (χ2n) is 7.00. The molecule has 0 saturated heterocycles. The molecule has 0 fully saturated rings. The molecule has 0 spiro atoms. The van der Waals surface area contributed by atoms with Crippen LogP contribution in [-0.2, 0) is 6.61 Å². The summed E-state index contributed by atoms with van der Waals surface area (Å²) in [6.07, 6.45) is 0. The Hall–Kier alpha value is -3.39. The van der Waals surface area contributed by atoms with Crippen molar-refractivity contribution in [3.8, 4) is 17.2 Å². The van der Waals surface area contributed by atoms with Crippen LogP contribution in [0, 0.1) is 0 Å². The van der Waals surface area contributed by atoms with Crippen molar-refractivity contribution in [2.45, 2.75) is 6.61 Å². The topological polar surface area (TPSA) is 77.2 Å². The molecular weight excluding hydrogens is 481 g/mol. The van der Waals surface area contributed by atoms with Crippen molar-refractivity contribution in [2.24, 2.45) is 0 Å². The van der Waals surface area contributed by atoms with Crippen molar-refractivity contribution < 1.29 is 14.1 Å². The van der Waals surface area contributed by atoms with E-state index in [-0.39, 0.29) is 18.4 Å². The number of carbonyl (C=O) groups excluding carboxylic acids is 1. The minimum atomic E-state index is -0.336. The Balaban J connectivity index is 1.37. The van der Waals surface area contributed by atoms with Gasteiger partial charge in [0.05, 0.1) is 16.3 Å². The molecule has 2 aromatic heterocycles. The van der Waals surface area contributed by atoms with E-state index in [1.54, 1.807) is 36.4 Å². The molecule has 0 aliphatic heterocycles. The van der Waals surface area contributed by atoms with Crippen LogP contribution in [0.1, 0.15) is 15.5 Å². The van der Waals surface area contributed by atoms with Gasteiger partial charge >= 0.3 is 0 Å². The highest BCUT2D eigenvalue weighted by Crippen LogP contribution is 2.37. The molecule has 0 aliphatic rings. The third-order valence-corrected chi connectivity index (χ3v) is 6.67. The average Bonchev–Trinajstić information content (AvgIpc) is 3.43.